The number of thioether (sulfide) groups is 1. The lowest BCUT2D eigenvalue weighted by atomic mass is 10.6. The number of H-pyrrole nitrogens is 1. The van der Waals surface area contributed by atoms with Crippen molar-refractivity contribution >= 4 is 11.8 Å². The summed E-state index contributed by atoms with van der Waals surface area (Å²) in [7, 11) is 0. The van der Waals surface area contributed by atoms with Crippen molar-refractivity contribution in [3.05, 3.63) is 33.1 Å². The van der Waals surface area contributed by atoms with E-state index in [0.717, 1.165) is 12.8 Å². The van der Waals surface area contributed by atoms with Crippen molar-refractivity contribution in [2.45, 2.75) is 17.7 Å². The minimum atomic E-state index is -0.335. The van der Waals surface area contributed by atoms with E-state index >= 15 is 0 Å². The minimum absolute atomic E-state index is 0.0821. The van der Waals surface area contributed by atoms with Gasteiger partial charge >= 0.3 is 5.69 Å². The fourth-order valence-electron chi connectivity index (χ4n) is 1.39. The molecular formula is C8H10N2O2S. The highest BCUT2D eigenvalue weighted by Gasteiger charge is 2.44. The molecule has 1 fully saturated rings. The molecule has 1 aliphatic rings. The standard InChI is InChI=1S/C8H10N2O2S/c1-13-8(3-4-8)10-5-2-6(11)9-7(10)12/h2,5H,3-4H2,1H3,(H,9,11,12). The summed E-state index contributed by atoms with van der Waals surface area (Å²) in [6.07, 6.45) is 5.55. The van der Waals surface area contributed by atoms with Gasteiger partial charge in [-0.3, -0.25) is 14.3 Å². The highest BCUT2D eigenvalue weighted by molar-refractivity contribution is 7.99. The first-order valence-electron chi connectivity index (χ1n) is 4.06. The van der Waals surface area contributed by atoms with E-state index in [2.05, 4.69) is 4.98 Å². The van der Waals surface area contributed by atoms with Crippen molar-refractivity contribution in [1.82, 2.24) is 9.55 Å². The van der Waals surface area contributed by atoms with Gasteiger partial charge < -0.3 is 0 Å². The summed E-state index contributed by atoms with van der Waals surface area (Å²) in [6, 6.07) is 1.39. The van der Waals surface area contributed by atoms with Crippen molar-refractivity contribution in [2.24, 2.45) is 0 Å². The van der Waals surface area contributed by atoms with E-state index in [4.69, 9.17) is 0 Å². The molecule has 5 heteroatoms. The Hall–Kier alpha value is -0.970. The quantitative estimate of drug-likeness (QED) is 0.745. The van der Waals surface area contributed by atoms with E-state index < -0.39 is 0 Å². The normalized spacial score (nSPS) is 18.5. The molecule has 70 valence electrons. The molecule has 4 nitrogen and oxygen atoms in total. The van der Waals surface area contributed by atoms with Gasteiger partial charge in [-0.05, 0) is 19.1 Å². The summed E-state index contributed by atoms with van der Waals surface area (Å²) >= 11 is 1.65. The fourth-order valence-corrected chi connectivity index (χ4v) is 2.24. The summed E-state index contributed by atoms with van der Waals surface area (Å²) in [6.45, 7) is 0. The number of hydrogen-bond acceptors (Lipinski definition) is 3. The molecule has 1 saturated carbocycles. The molecule has 0 aromatic carbocycles. The van der Waals surface area contributed by atoms with Crippen LogP contribution in [0.5, 0.6) is 0 Å². The molecule has 0 aliphatic heterocycles. The van der Waals surface area contributed by atoms with Gasteiger partial charge in [0, 0.05) is 12.3 Å². The molecule has 0 spiro atoms. The zero-order valence-electron chi connectivity index (χ0n) is 7.24. The Morgan fingerprint density at radius 3 is 2.69 bits per heavy atom. The number of nitrogens with one attached hydrogen (secondary N) is 1. The molecule has 1 N–H and O–H groups in total. The van der Waals surface area contributed by atoms with Crippen molar-refractivity contribution in [3.63, 3.8) is 0 Å². The van der Waals surface area contributed by atoms with Crippen LogP contribution in [0.2, 0.25) is 0 Å². The smallest absolute Gasteiger partial charge is 0.285 e. The van der Waals surface area contributed by atoms with Gasteiger partial charge in [-0.1, -0.05) is 0 Å². The van der Waals surface area contributed by atoms with Gasteiger partial charge in [-0.15, -0.1) is 11.8 Å². The third-order valence-electron chi connectivity index (χ3n) is 2.32. The Kier molecular flexibility index (Phi) is 1.83. The largest absolute Gasteiger partial charge is 0.329 e. The monoisotopic (exact) mass is 198 g/mol. The Morgan fingerprint density at radius 1 is 1.54 bits per heavy atom. The summed E-state index contributed by atoms with van der Waals surface area (Å²) in [5.74, 6) is 0. The van der Waals surface area contributed by atoms with E-state index in [1.54, 1.807) is 22.5 Å². The first kappa shape index (κ1) is 8.62. The predicted molar refractivity (Wildman–Crippen MR) is 52.0 cm³/mol. The van der Waals surface area contributed by atoms with Gasteiger partial charge in [0.25, 0.3) is 5.56 Å². The van der Waals surface area contributed by atoms with Crippen LogP contribution in [-0.2, 0) is 4.87 Å². The van der Waals surface area contributed by atoms with Gasteiger partial charge in [0.1, 0.15) is 0 Å². The summed E-state index contributed by atoms with van der Waals surface area (Å²) in [5.41, 5.74) is -0.641. The molecule has 0 saturated heterocycles. The van der Waals surface area contributed by atoms with E-state index in [0.29, 0.717) is 0 Å². The maximum absolute atomic E-state index is 11.4. The molecule has 0 unspecified atom stereocenters. The van der Waals surface area contributed by atoms with Crippen molar-refractivity contribution in [1.29, 1.82) is 0 Å². The average Bonchev–Trinajstić information content (AvgIpc) is 2.85. The number of nitrogens with zero attached hydrogens (tertiary/aromatic N) is 1. The summed E-state index contributed by atoms with van der Waals surface area (Å²) in [5, 5.41) is 0. The molecule has 0 atom stereocenters. The van der Waals surface area contributed by atoms with Crippen LogP contribution in [0.1, 0.15) is 12.8 Å². The van der Waals surface area contributed by atoms with Crippen LogP contribution in [0.4, 0.5) is 0 Å². The Labute approximate surface area is 79.0 Å². The van der Waals surface area contributed by atoms with Crippen LogP contribution in [0.15, 0.2) is 21.9 Å². The second-order valence-electron chi connectivity index (χ2n) is 3.13. The van der Waals surface area contributed by atoms with Gasteiger partial charge in [-0.2, -0.15) is 0 Å². The lowest BCUT2D eigenvalue weighted by Gasteiger charge is -2.14. The maximum Gasteiger partial charge on any atom is 0.329 e. The van der Waals surface area contributed by atoms with Crippen LogP contribution >= 0.6 is 11.8 Å². The van der Waals surface area contributed by atoms with E-state index in [-0.39, 0.29) is 16.1 Å². The molecular weight excluding hydrogens is 188 g/mol. The third-order valence-corrected chi connectivity index (χ3v) is 3.69. The van der Waals surface area contributed by atoms with Crippen LogP contribution in [0.3, 0.4) is 0 Å². The Morgan fingerprint density at radius 2 is 2.23 bits per heavy atom. The number of rotatable bonds is 2. The van der Waals surface area contributed by atoms with Gasteiger partial charge in [0.05, 0.1) is 4.87 Å². The molecule has 2 rings (SSSR count). The fraction of sp³-hybridized carbons (Fsp3) is 0.500. The zero-order valence-corrected chi connectivity index (χ0v) is 8.06. The highest BCUT2D eigenvalue weighted by atomic mass is 32.2. The Balaban J connectivity index is 2.53. The maximum atomic E-state index is 11.4. The van der Waals surface area contributed by atoms with Crippen LogP contribution in [0.25, 0.3) is 0 Å². The van der Waals surface area contributed by atoms with Gasteiger partial charge in [0.15, 0.2) is 0 Å². The molecule has 0 amide bonds. The highest BCUT2D eigenvalue weighted by Crippen LogP contribution is 2.50. The number of aromatic nitrogens is 2. The first-order valence-corrected chi connectivity index (χ1v) is 5.28. The number of aromatic amines is 1. The average molecular weight is 198 g/mol. The predicted octanol–water partition coefficient (Wildman–Crippen LogP) is 0.346. The first-order chi connectivity index (χ1) is 6.18. The molecule has 0 bridgehead atoms. The molecule has 13 heavy (non-hydrogen) atoms. The molecule has 1 heterocycles. The van der Waals surface area contributed by atoms with Crippen molar-refractivity contribution in [2.75, 3.05) is 6.26 Å². The molecule has 0 radical (unpaired) electrons. The molecule has 1 aromatic heterocycles. The lowest BCUT2D eigenvalue weighted by Crippen LogP contribution is -2.33. The van der Waals surface area contributed by atoms with Crippen LogP contribution < -0.4 is 11.2 Å². The van der Waals surface area contributed by atoms with Crippen LogP contribution in [0, 0.1) is 0 Å². The van der Waals surface area contributed by atoms with E-state index in [1.165, 1.54) is 6.07 Å². The summed E-state index contributed by atoms with van der Waals surface area (Å²) in [4.78, 5) is 24.4. The second-order valence-corrected chi connectivity index (χ2v) is 4.30. The van der Waals surface area contributed by atoms with E-state index in [9.17, 15) is 9.59 Å². The second kappa shape index (κ2) is 2.77. The SMILES string of the molecule is CSC1(n2ccc(=O)[nH]c2=O)CC1. The summed E-state index contributed by atoms with van der Waals surface area (Å²) < 4.78 is 1.61. The zero-order chi connectivity index (χ0) is 9.47. The van der Waals surface area contributed by atoms with Crippen molar-refractivity contribution < 1.29 is 0 Å². The third kappa shape index (κ3) is 1.33. The topological polar surface area (TPSA) is 54.9 Å². The molecule has 1 aromatic rings. The number of hydrogen-bond donors (Lipinski definition) is 1. The minimum Gasteiger partial charge on any atom is -0.285 e. The van der Waals surface area contributed by atoms with Gasteiger partial charge in [-0.25, -0.2) is 4.79 Å². The lowest BCUT2D eigenvalue weighted by molar-refractivity contribution is 0.627. The van der Waals surface area contributed by atoms with Crippen molar-refractivity contribution in [3.8, 4) is 0 Å². The van der Waals surface area contributed by atoms with Crippen LogP contribution in [-0.4, -0.2) is 15.8 Å². The van der Waals surface area contributed by atoms with E-state index in [1.807, 2.05) is 6.26 Å². The Bertz CT molecular complexity index is 430. The molecule has 1 aliphatic carbocycles. The van der Waals surface area contributed by atoms with Gasteiger partial charge in [0.2, 0.25) is 0 Å².